The first-order valence-corrected chi connectivity index (χ1v) is 14.1. The van der Waals surface area contributed by atoms with E-state index in [1.54, 1.807) is 0 Å². The zero-order valence-electron chi connectivity index (χ0n) is 19.4. The minimum absolute atomic E-state index is 0.273. The molecule has 2 N–H and O–H groups in total. The van der Waals surface area contributed by atoms with Gasteiger partial charge in [-0.2, -0.15) is 8.42 Å². The van der Waals surface area contributed by atoms with Crippen LogP contribution in [0.25, 0.3) is 0 Å². The molecule has 0 rings (SSSR count). The van der Waals surface area contributed by atoms with E-state index < -0.39 is 15.4 Å². The van der Waals surface area contributed by atoms with Crippen LogP contribution in [0, 0.1) is 0 Å². The van der Waals surface area contributed by atoms with E-state index >= 15 is 0 Å². The van der Waals surface area contributed by atoms with Gasteiger partial charge in [0.2, 0.25) is 0 Å². The normalized spacial score (nSPS) is 14.2. The SMILES string of the molecule is CCCCCCCCCCCCCCCC(CCCCC(O)CCC)S(=O)(=O)O. The van der Waals surface area contributed by atoms with E-state index in [0.29, 0.717) is 12.8 Å². The minimum atomic E-state index is -3.95. The summed E-state index contributed by atoms with van der Waals surface area (Å²) >= 11 is 0. The van der Waals surface area contributed by atoms with Gasteiger partial charge in [0.15, 0.2) is 0 Å². The molecule has 2 atom stereocenters. The smallest absolute Gasteiger partial charge is 0.267 e. The van der Waals surface area contributed by atoms with Crippen LogP contribution in [0.2, 0.25) is 0 Å². The molecule has 2 unspecified atom stereocenters. The molecule has 0 aliphatic rings. The Labute approximate surface area is 182 Å². The van der Waals surface area contributed by atoms with E-state index in [4.69, 9.17) is 0 Å². The van der Waals surface area contributed by atoms with Crippen LogP contribution in [-0.2, 0) is 10.1 Å². The number of hydrogen-bond acceptors (Lipinski definition) is 3. The first-order valence-electron chi connectivity index (χ1n) is 12.6. The molecule has 0 amide bonds. The van der Waals surface area contributed by atoms with Crippen molar-refractivity contribution in [2.24, 2.45) is 0 Å². The van der Waals surface area contributed by atoms with E-state index in [2.05, 4.69) is 6.92 Å². The maximum absolute atomic E-state index is 11.6. The molecule has 4 nitrogen and oxygen atoms in total. The second-order valence-electron chi connectivity index (χ2n) is 8.90. The Morgan fingerprint density at radius 3 is 1.34 bits per heavy atom. The van der Waals surface area contributed by atoms with Gasteiger partial charge in [0.25, 0.3) is 10.1 Å². The van der Waals surface area contributed by atoms with E-state index in [9.17, 15) is 18.1 Å². The maximum Gasteiger partial charge on any atom is 0.267 e. The maximum atomic E-state index is 11.6. The molecule has 0 heterocycles. The standard InChI is InChI=1S/C24H50O4S/c1-3-5-6-7-8-9-10-11-12-13-14-15-16-21-24(29(26,27)28)22-18-17-20-23(25)19-4-2/h23-25H,3-22H2,1-2H3,(H,26,27,28). The number of unbranched alkanes of at least 4 members (excludes halogenated alkanes) is 13. The summed E-state index contributed by atoms with van der Waals surface area (Å²) in [6.07, 6.45) is 21.4. The number of aliphatic hydroxyl groups is 1. The molecule has 0 aromatic carbocycles. The summed E-state index contributed by atoms with van der Waals surface area (Å²) in [4.78, 5) is 0. The molecule has 0 spiro atoms. The van der Waals surface area contributed by atoms with Crippen molar-refractivity contribution in [3.8, 4) is 0 Å². The second kappa shape index (κ2) is 19.8. The Morgan fingerprint density at radius 2 is 0.931 bits per heavy atom. The second-order valence-corrected chi connectivity index (χ2v) is 10.6. The molecule has 176 valence electrons. The van der Waals surface area contributed by atoms with Gasteiger partial charge in [0, 0.05) is 0 Å². The van der Waals surface area contributed by atoms with Crippen molar-refractivity contribution in [3.63, 3.8) is 0 Å². The van der Waals surface area contributed by atoms with Gasteiger partial charge >= 0.3 is 0 Å². The number of aliphatic hydroxyl groups excluding tert-OH is 1. The van der Waals surface area contributed by atoms with E-state index in [1.807, 2.05) is 6.92 Å². The van der Waals surface area contributed by atoms with Crippen LogP contribution in [-0.4, -0.2) is 29.4 Å². The highest BCUT2D eigenvalue weighted by Crippen LogP contribution is 2.19. The number of rotatable bonds is 22. The van der Waals surface area contributed by atoms with Gasteiger partial charge in [-0.15, -0.1) is 0 Å². The van der Waals surface area contributed by atoms with Crippen LogP contribution in [0.4, 0.5) is 0 Å². The quantitative estimate of drug-likeness (QED) is 0.137. The van der Waals surface area contributed by atoms with Crippen molar-refractivity contribution in [3.05, 3.63) is 0 Å². The fourth-order valence-corrected chi connectivity index (χ4v) is 4.99. The highest BCUT2D eigenvalue weighted by atomic mass is 32.2. The zero-order chi connectivity index (χ0) is 21.8. The van der Waals surface area contributed by atoms with E-state index in [0.717, 1.165) is 51.4 Å². The molecular formula is C24H50O4S. The van der Waals surface area contributed by atoms with Crippen molar-refractivity contribution in [1.29, 1.82) is 0 Å². The molecule has 0 radical (unpaired) electrons. The van der Waals surface area contributed by atoms with Crippen LogP contribution >= 0.6 is 0 Å². The van der Waals surface area contributed by atoms with Crippen molar-refractivity contribution < 1.29 is 18.1 Å². The monoisotopic (exact) mass is 434 g/mol. The lowest BCUT2D eigenvalue weighted by atomic mass is 10.0. The van der Waals surface area contributed by atoms with Crippen molar-refractivity contribution >= 4 is 10.1 Å². The largest absolute Gasteiger partial charge is 0.393 e. The molecular weight excluding hydrogens is 384 g/mol. The number of hydrogen-bond donors (Lipinski definition) is 2. The Balaban J connectivity index is 3.65. The molecule has 0 aromatic rings. The van der Waals surface area contributed by atoms with Gasteiger partial charge < -0.3 is 5.11 Å². The zero-order valence-corrected chi connectivity index (χ0v) is 20.2. The van der Waals surface area contributed by atoms with Gasteiger partial charge in [0.1, 0.15) is 0 Å². The Hall–Kier alpha value is -0.130. The van der Waals surface area contributed by atoms with Crippen molar-refractivity contribution in [2.75, 3.05) is 0 Å². The lowest BCUT2D eigenvalue weighted by Gasteiger charge is -2.14. The van der Waals surface area contributed by atoms with E-state index in [-0.39, 0.29) is 6.10 Å². The Bertz CT molecular complexity index is 436. The van der Waals surface area contributed by atoms with Gasteiger partial charge in [0.05, 0.1) is 11.4 Å². The fraction of sp³-hybridized carbons (Fsp3) is 1.00. The average molecular weight is 435 g/mol. The Morgan fingerprint density at radius 1 is 0.552 bits per heavy atom. The summed E-state index contributed by atoms with van der Waals surface area (Å²) in [7, 11) is -3.95. The third-order valence-corrected chi connectivity index (χ3v) is 7.30. The first kappa shape index (κ1) is 28.9. The van der Waals surface area contributed by atoms with Crippen LogP contribution in [0.15, 0.2) is 0 Å². The summed E-state index contributed by atoms with van der Waals surface area (Å²) in [6.45, 7) is 4.30. The predicted molar refractivity (Wildman–Crippen MR) is 125 cm³/mol. The van der Waals surface area contributed by atoms with Crippen molar-refractivity contribution in [2.45, 2.75) is 154 Å². The molecule has 0 aliphatic heterocycles. The topological polar surface area (TPSA) is 74.6 Å². The van der Waals surface area contributed by atoms with Crippen LogP contribution in [0.3, 0.4) is 0 Å². The van der Waals surface area contributed by atoms with Crippen LogP contribution in [0.1, 0.15) is 142 Å². The van der Waals surface area contributed by atoms with Gasteiger partial charge in [-0.1, -0.05) is 117 Å². The first-order chi connectivity index (χ1) is 13.9. The summed E-state index contributed by atoms with van der Waals surface area (Å²) in [5.41, 5.74) is 0. The summed E-state index contributed by atoms with van der Waals surface area (Å²) in [5, 5.41) is 9.12. The van der Waals surface area contributed by atoms with Gasteiger partial charge in [-0.25, -0.2) is 0 Å². The molecule has 5 heteroatoms. The minimum Gasteiger partial charge on any atom is -0.393 e. The highest BCUT2D eigenvalue weighted by molar-refractivity contribution is 7.86. The molecule has 0 aliphatic carbocycles. The molecule has 0 saturated heterocycles. The molecule has 0 saturated carbocycles. The van der Waals surface area contributed by atoms with Gasteiger partial charge in [-0.3, -0.25) is 4.55 Å². The van der Waals surface area contributed by atoms with Crippen LogP contribution in [0.5, 0.6) is 0 Å². The molecule has 0 bridgehead atoms. The van der Waals surface area contributed by atoms with Crippen molar-refractivity contribution in [1.82, 2.24) is 0 Å². The highest BCUT2D eigenvalue weighted by Gasteiger charge is 2.22. The van der Waals surface area contributed by atoms with E-state index in [1.165, 1.54) is 64.2 Å². The molecule has 0 fully saturated rings. The summed E-state index contributed by atoms with van der Waals surface area (Å²) in [6, 6.07) is 0. The average Bonchev–Trinajstić information content (AvgIpc) is 2.66. The van der Waals surface area contributed by atoms with Crippen LogP contribution < -0.4 is 0 Å². The predicted octanol–water partition coefficient (Wildman–Crippen LogP) is 7.45. The fourth-order valence-electron chi connectivity index (χ4n) is 4.06. The summed E-state index contributed by atoms with van der Waals surface area (Å²) in [5.74, 6) is 0. The third kappa shape index (κ3) is 19.6. The Kier molecular flexibility index (Phi) is 19.7. The molecule has 0 aromatic heterocycles. The van der Waals surface area contributed by atoms with Gasteiger partial charge in [-0.05, 0) is 25.7 Å². The lowest BCUT2D eigenvalue weighted by Crippen LogP contribution is -2.20. The lowest BCUT2D eigenvalue weighted by molar-refractivity contribution is 0.150. The third-order valence-electron chi connectivity index (χ3n) is 5.99. The molecule has 29 heavy (non-hydrogen) atoms. The summed E-state index contributed by atoms with van der Waals surface area (Å²) < 4.78 is 32.7.